The average molecular weight is 384 g/mol. The molecule has 0 unspecified atom stereocenters. The molecule has 0 aliphatic carbocycles. The molecule has 0 radical (unpaired) electrons. The molecule has 0 aliphatic heterocycles. The van der Waals surface area contributed by atoms with Crippen molar-refractivity contribution in [2.75, 3.05) is 19.0 Å². The molecule has 1 aromatic heterocycles. The number of carbonyl (C=O) groups excluding carboxylic acids is 2. The minimum atomic E-state index is -0.720. The van der Waals surface area contributed by atoms with Crippen LogP contribution >= 0.6 is 0 Å². The smallest absolute Gasteiger partial charge is 0.271 e. The Balaban J connectivity index is 2.17. The number of aromatic amines is 1. The fourth-order valence-electron chi connectivity index (χ4n) is 2.47. The van der Waals surface area contributed by atoms with Crippen molar-refractivity contribution >= 4 is 23.6 Å². The molecule has 0 bridgehead atoms. The maximum absolute atomic E-state index is 12.3. The van der Waals surface area contributed by atoms with Gasteiger partial charge in [-0.25, -0.2) is 0 Å². The van der Waals surface area contributed by atoms with E-state index in [2.05, 4.69) is 22.1 Å². The first-order valence-corrected chi connectivity index (χ1v) is 8.66. The Bertz CT molecular complexity index is 900. The quantitative estimate of drug-likeness (QED) is 0.454. The maximum Gasteiger partial charge on any atom is 0.271 e. The Morgan fingerprint density at radius 1 is 1.36 bits per heavy atom. The van der Waals surface area contributed by atoms with Crippen molar-refractivity contribution in [3.63, 3.8) is 0 Å². The summed E-state index contributed by atoms with van der Waals surface area (Å²) in [6.07, 6.45) is 4.61. The zero-order chi connectivity index (χ0) is 20.7. The summed E-state index contributed by atoms with van der Waals surface area (Å²) in [5, 5.41) is 9.31. The molecule has 1 heterocycles. The van der Waals surface area contributed by atoms with Crippen LogP contribution in [0.15, 0.2) is 36.9 Å². The molecular weight excluding hydrogens is 360 g/mol. The van der Waals surface area contributed by atoms with Crippen molar-refractivity contribution in [3.8, 4) is 11.5 Å². The highest BCUT2D eigenvalue weighted by Gasteiger charge is 2.20. The summed E-state index contributed by atoms with van der Waals surface area (Å²) in [5.41, 5.74) is 6.98. The highest BCUT2D eigenvalue weighted by molar-refractivity contribution is 6.07. The fourth-order valence-corrected chi connectivity index (χ4v) is 2.47. The second-order valence-corrected chi connectivity index (χ2v) is 6.21. The van der Waals surface area contributed by atoms with Gasteiger partial charge in [-0.3, -0.25) is 14.7 Å². The summed E-state index contributed by atoms with van der Waals surface area (Å²) in [4.78, 5) is 23.9. The molecule has 4 N–H and O–H groups in total. The van der Waals surface area contributed by atoms with E-state index in [9.17, 15) is 9.59 Å². The van der Waals surface area contributed by atoms with Crippen molar-refractivity contribution in [1.82, 2.24) is 10.2 Å². The van der Waals surface area contributed by atoms with E-state index in [1.54, 1.807) is 30.4 Å². The molecule has 1 aromatic carbocycles. The first-order valence-electron chi connectivity index (χ1n) is 8.66. The van der Waals surface area contributed by atoms with Crippen LogP contribution in [0.5, 0.6) is 11.5 Å². The topological polar surface area (TPSA) is 119 Å². The van der Waals surface area contributed by atoms with E-state index < -0.39 is 11.8 Å². The van der Waals surface area contributed by atoms with Crippen molar-refractivity contribution in [1.29, 1.82) is 0 Å². The summed E-state index contributed by atoms with van der Waals surface area (Å²) in [6.45, 7) is 7.78. The van der Waals surface area contributed by atoms with Gasteiger partial charge >= 0.3 is 0 Å². The Hall–Kier alpha value is -3.55. The van der Waals surface area contributed by atoms with Crippen LogP contribution in [0.1, 0.15) is 41.5 Å². The molecule has 0 spiro atoms. The lowest BCUT2D eigenvalue weighted by molar-refractivity contribution is -0.111. The summed E-state index contributed by atoms with van der Waals surface area (Å²) in [6, 6.07) is 5.28. The van der Waals surface area contributed by atoms with Gasteiger partial charge in [0.1, 0.15) is 6.61 Å². The Morgan fingerprint density at radius 3 is 2.71 bits per heavy atom. The van der Waals surface area contributed by atoms with E-state index in [1.165, 1.54) is 13.2 Å². The largest absolute Gasteiger partial charge is 0.493 e. The van der Waals surface area contributed by atoms with Crippen LogP contribution in [0.3, 0.4) is 0 Å². The van der Waals surface area contributed by atoms with Crippen LogP contribution in [0.4, 0.5) is 5.69 Å². The number of nitrogens with zero attached hydrogens (tertiary/aromatic N) is 1. The number of hydrogen-bond donors (Lipinski definition) is 3. The predicted molar refractivity (Wildman–Crippen MR) is 108 cm³/mol. The molecule has 28 heavy (non-hydrogen) atoms. The Labute approximate surface area is 163 Å². The van der Waals surface area contributed by atoms with E-state index in [0.717, 1.165) is 5.56 Å². The van der Waals surface area contributed by atoms with Crippen molar-refractivity contribution in [2.24, 2.45) is 5.73 Å². The molecule has 2 aromatic rings. The third-order valence-corrected chi connectivity index (χ3v) is 3.82. The van der Waals surface area contributed by atoms with Gasteiger partial charge in [0, 0.05) is 6.08 Å². The number of H-pyrrole nitrogens is 1. The monoisotopic (exact) mass is 384 g/mol. The number of rotatable bonds is 9. The summed E-state index contributed by atoms with van der Waals surface area (Å²) < 4.78 is 10.8. The number of carbonyl (C=O) groups is 2. The van der Waals surface area contributed by atoms with Crippen molar-refractivity contribution < 1.29 is 19.1 Å². The number of methoxy groups -OCH3 is 1. The molecular formula is C20H24N4O4. The number of ether oxygens (including phenoxy) is 2. The van der Waals surface area contributed by atoms with Gasteiger partial charge in [-0.2, -0.15) is 5.10 Å². The minimum Gasteiger partial charge on any atom is -0.493 e. The molecule has 8 heteroatoms. The van der Waals surface area contributed by atoms with Crippen LogP contribution in [0, 0.1) is 0 Å². The highest BCUT2D eigenvalue weighted by Crippen LogP contribution is 2.29. The van der Waals surface area contributed by atoms with Crippen molar-refractivity contribution in [2.45, 2.75) is 19.8 Å². The first kappa shape index (κ1) is 20.8. The summed E-state index contributed by atoms with van der Waals surface area (Å²) >= 11 is 0. The van der Waals surface area contributed by atoms with E-state index >= 15 is 0 Å². The number of aromatic nitrogens is 2. The highest BCUT2D eigenvalue weighted by atomic mass is 16.5. The SMILES string of the molecule is C=CCOc1ccc(/C=C/C(=O)Nc2c(C(N)=O)n[nH]c2C(C)C)cc1OC. The second-order valence-electron chi connectivity index (χ2n) is 6.21. The first-order chi connectivity index (χ1) is 13.4. The lowest BCUT2D eigenvalue weighted by Crippen LogP contribution is -2.17. The lowest BCUT2D eigenvalue weighted by atomic mass is 10.1. The fraction of sp³-hybridized carbons (Fsp3) is 0.250. The van der Waals surface area contributed by atoms with Crippen molar-refractivity contribution in [3.05, 3.63) is 53.9 Å². The number of nitrogens with one attached hydrogen (secondary N) is 2. The molecule has 2 rings (SSSR count). The van der Waals surface area contributed by atoms with Gasteiger partial charge in [-0.15, -0.1) is 0 Å². The van der Waals surface area contributed by atoms with Crippen LogP contribution in [-0.2, 0) is 4.79 Å². The second kappa shape index (κ2) is 9.40. The van der Waals surface area contributed by atoms with E-state index in [1.807, 2.05) is 13.8 Å². The number of benzene rings is 1. The molecule has 0 saturated heterocycles. The van der Waals surface area contributed by atoms with Gasteiger partial charge in [-0.05, 0) is 29.7 Å². The number of nitrogens with two attached hydrogens (primary N) is 1. The minimum absolute atomic E-state index is 0.00385. The van der Waals surface area contributed by atoms with Gasteiger partial charge in [0.15, 0.2) is 17.2 Å². The van der Waals surface area contributed by atoms with Crippen LogP contribution in [0.2, 0.25) is 0 Å². The van der Waals surface area contributed by atoms with E-state index in [0.29, 0.717) is 29.5 Å². The van der Waals surface area contributed by atoms with E-state index in [4.69, 9.17) is 15.2 Å². The third-order valence-electron chi connectivity index (χ3n) is 3.82. The van der Waals surface area contributed by atoms with Gasteiger partial charge in [0.05, 0.1) is 18.5 Å². The van der Waals surface area contributed by atoms with Gasteiger partial charge < -0.3 is 20.5 Å². The molecule has 0 aliphatic rings. The van der Waals surface area contributed by atoms with Gasteiger partial charge in [0.2, 0.25) is 5.91 Å². The average Bonchev–Trinajstić information content (AvgIpc) is 3.08. The number of anilines is 1. The Morgan fingerprint density at radius 2 is 2.11 bits per heavy atom. The normalized spacial score (nSPS) is 10.9. The van der Waals surface area contributed by atoms with E-state index in [-0.39, 0.29) is 11.6 Å². The standard InChI is InChI=1S/C20H24N4O4/c1-5-10-28-14-8-6-13(11-15(14)27-4)7-9-16(25)22-18-17(12(2)3)23-24-19(18)20(21)26/h5-9,11-12H,1,10H2,2-4H3,(H2,21,26)(H,22,25)(H,23,24)/b9-7+. The van der Waals surface area contributed by atoms with Gasteiger partial charge in [-0.1, -0.05) is 32.6 Å². The van der Waals surface area contributed by atoms with Crippen LogP contribution in [-0.4, -0.2) is 35.7 Å². The maximum atomic E-state index is 12.3. The molecule has 0 fully saturated rings. The lowest BCUT2D eigenvalue weighted by Gasteiger charge is -2.10. The molecule has 148 valence electrons. The third kappa shape index (κ3) is 5.00. The molecule has 0 atom stereocenters. The molecule has 8 nitrogen and oxygen atoms in total. The number of amides is 2. The zero-order valence-corrected chi connectivity index (χ0v) is 16.1. The number of primary amides is 1. The predicted octanol–water partition coefficient (Wildman–Crippen LogP) is 2.86. The van der Waals surface area contributed by atoms with Crippen LogP contribution in [0.25, 0.3) is 6.08 Å². The Kier molecular flexibility index (Phi) is 6.97. The zero-order valence-electron chi connectivity index (χ0n) is 16.1. The van der Waals surface area contributed by atoms with Gasteiger partial charge in [0.25, 0.3) is 5.91 Å². The summed E-state index contributed by atoms with van der Waals surface area (Å²) in [5.74, 6) is -0.00120. The molecule has 0 saturated carbocycles. The summed E-state index contributed by atoms with van der Waals surface area (Å²) in [7, 11) is 1.54. The molecule has 2 amide bonds. The van der Waals surface area contributed by atoms with Crippen LogP contribution < -0.4 is 20.5 Å². The number of hydrogen-bond acceptors (Lipinski definition) is 5.